The third-order valence-corrected chi connectivity index (χ3v) is 11.1. The molecule has 1 saturated heterocycles. The number of hydrogen-bond donors (Lipinski definition) is 2. The highest BCUT2D eigenvalue weighted by atomic mass is 35.5. The number of benzene rings is 2. The topological polar surface area (TPSA) is 58.2 Å². The molecule has 0 bridgehead atoms. The minimum atomic E-state index is -0.265. The average Bonchev–Trinajstić information content (AvgIpc) is 3.26. The molecule has 6 atom stereocenters. The molecular weight excluding hydrogens is 515 g/mol. The fraction of sp³-hybridized carbons (Fsp3) is 0.500. The van der Waals surface area contributed by atoms with Crippen LogP contribution < -0.4 is 10.6 Å². The Balaban J connectivity index is 1.25. The van der Waals surface area contributed by atoms with Gasteiger partial charge in [0.25, 0.3) is 0 Å². The Hall–Kier alpha value is -2.30. The van der Waals surface area contributed by atoms with E-state index >= 15 is 0 Å². The van der Waals surface area contributed by atoms with E-state index in [9.17, 15) is 9.59 Å². The molecule has 3 aliphatic carbocycles. The lowest BCUT2D eigenvalue weighted by Gasteiger charge is -2.58. The number of amides is 1. The Kier molecular flexibility index (Phi) is 6.63. The molecule has 4 aliphatic rings. The van der Waals surface area contributed by atoms with Crippen LogP contribution in [0.5, 0.6) is 0 Å². The maximum Gasteiger partial charge on any atom is 0.224 e. The van der Waals surface area contributed by atoms with Gasteiger partial charge in [-0.1, -0.05) is 61.3 Å². The second kappa shape index (κ2) is 9.71. The molecule has 0 radical (unpaired) electrons. The van der Waals surface area contributed by atoms with Crippen LogP contribution in [0.25, 0.3) is 0 Å². The first-order chi connectivity index (χ1) is 18.2. The van der Waals surface area contributed by atoms with Crippen molar-refractivity contribution >= 4 is 34.9 Å². The van der Waals surface area contributed by atoms with Crippen LogP contribution in [-0.2, 0) is 9.59 Å². The van der Waals surface area contributed by atoms with Gasteiger partial charge in [0.2, 0.25) is 5.91 Å². The Bertz CT molecular complexity index is 1230. The summed E-state index contributed by atoms with van der Waals surface area (Å²) in [5.74, 6) is 1.97. The average molecular weight is 552 g/mol. The quantitative estimate of drug-likeness (QED) is 0.426. The summed E-state index contributed by atoms with van der Waals surface area (Å²) in [6.45, 7) is 5.63. The van der Waals surface area contributed by atoms with Crippen molar-refractivity contribution in [1.82, 2.24) is 10.6 Å². The lowest BCUT2D eigenvalue weighted by molar-refractivity contribution is -0.133. The molecule has 38 heavy (non-hydrogen) atoms. The van der Waals surface area contributed by atoms with E-state index in [2.05, 4.69) is 24.5 Å². The highest BCUT2D eigenvalue weighted by Gasteiger charge is 2.60. The normalized spacial score (nSPS) is 34.0. The summed E-state index contributed by atoms with van der Waals surface area (Å²) in [5.41, 5.74) is 3.18. The maximum absolute atomic E-state index is 14.1. The number of ketones is 1. The number of rotatable bonds is 4. The molecule has 2 saturated carbocycles. The van der Waals surface area contributed by atoms with Crippen molar-refractivity contribution in [2.45, 2.75) is 58.4 Å². The SMILES string of the molecule is C[C@]12CCC(=O)C=C1NCC1C2CC[C@@]2(C)C1CC[C@@H]2C(=O)NC(c1ccc(Cl)cc1)c1ccc(Cl)cc1. The summed E-state index contributed by atoms with van der Waals surface area (Å²) in [5, 5.41) is 8.45. The van der Waals surface area contributed by atoms with E-state index in [4.69, 9.17) is 23.2 Å². The highest BCUT2D eigenvalue weighted by molar-refractivity contribution is 6.30. The third kappa shape index (κ3) is 4.29. The van der Waals surface area contributed by atoms with Crippen molar-refractivity contribution < 1.29 is 9.59 Å². The molecule has 3 fully saturated rings. The van der Waals surface area contributed by atoms with Gasteiger partial charge in [0.1, 0.15) is 0 Å². The number of piperidine rings is 1. The lowest BCUT2D eigenvalue weighted by atomic mass is 9.50. The standard InChI is InChI=1S/C32H36Cl2N2O2/c1-31-16-14-26-24(18-35-28-17-23(37)13-15-32(26,28)2)25(31)11-12-27(31)30(38)36-29(19-3-7-21(33)8-4-19)20-5-9-22(34)10-6-20/h3-10,17,24-27,29,35H,11-16,18H2,1-2H3,(H,36,38)/t24?,25?,26?,27-,31+,32-/m1/s1. The molecule has 1 amide bonds. The van der Waals surface area contributed by atoms with E-state index in [0.717, 1.165) is 55.5 Å². The Morgan fingerprint density at radius 2 is 1.55 bits per heavy atom. The number of fused-ring (bicyclic) bond motifs is 5. The van der Waals surface area contributed by atoms with Crippen molar-refractivity contribution in [3.05, 3.63) is 81.5 Å². The van der Waals surface area contributed by atoms with E-state index < -0.39 is 0 Å². The molecule has 2 N–H and O–H groups in total. The maximum atomic E-state index is 14.1. The molecule has 1 heterocycles. The van der Waals surface area contributed by atoms with Gasteiger partial charge < -0.3 is 10.6 Å². The van der Waals surface area contributed by atoms with Crippen molar-refractivity contribution in [2.75, 3.05) is 6.54 Å². The second-order valence-electron chi connectivity index (χ2n) is 12.4. The Morgan fingerprint density at radius 1 is 0.921 bits per heavy atom. The summed E-state index contributed by atoms with van der Waals surface area (Å²) in [4.78, 5) is 26.2. The van der Waals surface area contributed by atoms with Crippen molar-refractivity contribution in [2.24, 2.45) is 34.5 Å². The summed E-state index contributed by atoms with van der Waals surface area (Å²) in [6.07, 6.45) is 7.62. The highest BCUT2D eigenvalue weighted by Crippen LogP contribution is 2.64. The van der Waals surface area contributed by atoms with E-state index in [-0.39, 0.29) is 34.5 Å². The van der Waals surface area contributed by atoms with Crippen LogP contribution in [0.2, 0.25) is 10.0 Å². The second-order valence-corrected chi connectivity index (χ2v) is 13.3. The van der Waals surface area contributed by atoms with Crippen LogP contribution >= 0.6 is 23.2 Å². The minimum absolute atomic E-state index is 0.0202. The molecule has 0 spiro atoms. The smallest absolute Gasteiger partial charge is 0.224 e. The number of carbonyl (C=O) groups is 2. The number of allylic oxidation sites excluding steroid dienone is 2. The molecule has 200 valence electrons. The van der Waals surface area contributed by atoms with Gasteiger partial charge in [-0.05, 0) is 90.7 Å². The number of nitrogens with one attached hydrogen (secondary N) is 2. The molecule has 0 aromatic heterocycles. The summed E-state index contributed by atoms with van der Waals surface area (Å²) in [7, 11) is 0. The van der Waals surface area contributed by atoms with Crippen LogP contribution in [0.4, 0.5) is 0 Å². The number of carbonyl (C=O) groups excluding carboxylic acids is 2. The van der Waals surface area contributed by atoms with Crippen LogP contribution in [0.15, 0.2) is 60.3 Å². The first-order valence-corrected chi connectivity index (χ1v) is 14.7. The fourth-order valence-corrected chi connectivity index (χ4v) is 8.74. The van der Waals surface area contributed by atoms with Crippen LogP contribution in [0.1, 0.15) is 69.5 Å². The first-order valence-electron chi connectivity index (χ1n) is 14.0. The molecular formula is C32H36Cl2N2O2. The van der Waals surface area contributed by atoms with Gasteiger partial charge in [0.15, 0.2) is 5.78 Å². The van der Waals surface area contributed by atoms with E-state index in [1.807, 2.05) is 54.6 Å². The van der Waals surface area contributed by atoms with Crippen molar-refractivity contribution in [1.29, 1.82) is 0 Å². The summed E-state index contributed by atoms with van der Waals surface area (Å²) in [6, 6.07) is 15.2. The van der Waals surface area contributed by atoms with Crippen LogP contribution in [0, 0.1) is 34.5 Å². The Labute approximate surface area is 235 Å². The minimum Gasteiger partial charge on any atom is -0.387 e. The van der Waals surface area contributed by atoms with Gasteiger partial charge in [-0.25, -0.2) is 0 Å². The van der Waals surface area contributed by atoms with Crippen molar-refractivity contribution in [3.8, 4) is 0 Å². The molecule has 2 aromatic rings. The fourth-order valence-electron chi connectivity index (χ4n) is 8.49. The predicted octanol–water partition coefficient (Wildman–Crippen LogP) is 7.11. The molecule has 2 aromatic carbocycles. The molecule has 3 unspecified atom stereocenters. The van der Waals surface area contributed by atoms with Gasteiger partial charge in [-0.3, -0.25) is 9.59 Å². The zero-order valence-corrected chi connectivity index (χ0v) is 23.6. The zero-order chi connectivity index (χ0) is 26.7. The molecule has 6 rings (SSSR count). The third-order valence-electron chi connectivity index (χ3n) is 10.6. The monoisotopic (exact) mass is 550 g/mol. The van der Waals surface area contributed by atoms with Gasteiger partial charge in [-0.2, -0.15) is 0 Å². The van der Waals surface area contributed by atoms with Crippen LogP contribution in [-0.4, -0.2) is 18.2 Å². The van der Waals surface area contributed by atoms with Gasteiger partial charge >= 0.3 is 0 Å². The van der Waals surface area contributed by atoms with E-state index in [1.54, 1.807) is 0 Å². The first kappa shape index (κ1) is 26.0. The molecule has 4 nitrogen and oxygen atoms in total. The van der Waals surface area contributed by atoms with Gasteiger partial charge in [0, 0.05) is 46.1 Å². The number of hydrogen-bond acceptors (Lipinski definition) is 3. The van der Waals surface area contributed by atoms with Gasteiger partial charge in [0.05, 0.1) is 6.04 Å². The molecule has 1 aliphatic heterocycles. The van der Waals surface area contributed by atoms with E-state index in [0.29, 0.717) is 34.2 Å². The van der Waals surface area contributed by atoms with E-state index in [1.165, 1.54) is 0 Å². The van der Waals surface area contributed by atoms with Crippen LogP contribution in [0.3, 0.4) is 0 Å². The Morgan fingerprint density at radius 3 is 2.18 bits per heavy atom. The van der Waals surface area contributed by atoms with Gasteiger partial charge in [-0.15, -0.1) is 0 Å². The summed E-state index contributed by atoms with van der Waals surface area (Å²) < 4.78 is 0. The van der Waals surface area contributed by atoms with Crippen molar-refractivity contribution in [3.63, 3.8) is 0 Å². The number of halogens is 2. The predicted molar refractivity (Wildman–Crippen MR) is 152 cm³/mol. The zero-order valence-electron chi connectivity index (χ0n) is 22.1. The summed E-state index contributed by atoms with van der Waals surface area (Å²) >= 11 is 12.3. The lowest BCUT2D eigenvalue weighted by Crippen LogP contribution is -2.57. The molecule has 6 heteroatoms. The largest absolute Gasteiger partial charge is 0.387 e.